The molecular weight excluding hydrogens is 321 g/mol. The topological polar surface area (TPSA) is 55.4 Å². The maximum Gasteiger partial charge on any atom is 0.310 e. The highest BCUT2D eigenvalue weighted by molar-refractivity contribution is 6.31. The molecule has 0 saturated heterocycles. The number of amides is 1. The van der Waals surface area contributed by atoms with Crippen molar-refractivity contribution < 1.29 is 18.7 Å². The molecule has 1 fully saturated rings. The number of benzene rings is 1. The molecule has 0 spiro atoms. The highest BCUT2D eigenvalue weighted by Crippen LogP contribution is 2.22. The number of halogens is 2. The summed E-state index contributed by atoms with van der Waals surface area (Å²) in [5.74, 6) is -1.05. The largest absolute Gasteiger partial charge is 0.455 e. The van der Waals surface area contributed by atoms with Crippen molar-refractivity contribution in [1.82, 2.24) is 5.32 Å². The zero-order chi connectivity index (χ0) is 16.7. The lowest BCUT2D eigenvalue weighted by Crippen LogP contribution is -2.33. The molecule has 1 N–H and O–H groups in total. The molecule has 0 unspecified atom stereocenters. The average Bonchev–Trinajstić information content (AvgIpc) is 2.55. The lowest BCUT2D eigenvalue weighted by atomic mass is 9.89. The molecule has 6 heteroatoms. The summed E-state index contributed by atoms with van der Waals surface area (Å²) in [6, 6.07) is 4.20. The lowest BCUT2D eigenvalue weighted by Gasteiger charge is -2.21. The van der Waals surface area contributed by atoms with E-state index in [9.17, 15) is 14.0 Å². The fourth-order valence-electron chi connectivity index (χ4n) is 2.74. The number of carbonyl (C=O) groups is 2. The van der Waals surface area contributed by atoms with Crippen LogP contribution in [-0.4, -0.2) is 25.0 Å². The second-order valence-electron chi connectivity index (χ2n) is 5.85. The van der Waals surface area contributed by atoms with Crippen LogP contribution >= 0.6 is 11.6 Å². The molecule has 1 amide bonds. The van der Waals surface area contributed by atoms with Crippen LogP contribution in [0.3, 0.4) is 0 Å². The summed E-state index contributed by atoms with van der Waals surface area (Å²) in [5.41, 5.74) is 0.0850. The molecule has 0 aromatic heterocycles. The van der Waals surface area contributed by atoms with Gasteiger partial charge in [-0.2, -0.15) is 0 Å². The molecule has 0 heterocycles. The van der Waals surface area contributed by atoms with Gasteiger partial charge < -0.3 is 10.1 Å². The lowest BCUT2D eigenvalue weighted by molar-refractivity contribution is -0.148. The Morgan fingerprint density at radius 1 is 1.26 bits per heavy atom. The van der Waals surface area contributed by atoms with Crippen molar-refractivity contribution >= 4 is 23.5 Å². The first-order chi connectivity index (χ1) is 11.1. The minimum atomic E-state index is -0.676. The molecule has 23 heavy (non-hydrogen) atoms. The fraction of sp³-hybridized carbons (Fsp3) is 0.529. The fourth-order valence-corrected chi connectivity index (χ4v) is 2.97. The van der Waals surface area contributed by atoms with E-state index in [1.807, 2.05) is 0 Å². The van der Waals surface area contributed by atoms with E-state index in [0.717, 1.165) is 12.8 Å². The van der Waals surface area contributed by atoms with Crippen LogP contribution in [0.2, 0.25) is 5.02 Å². The van der Waals surface area contributed by atoms with Gasteiger partial charge in [0.05, 0.1) is 6.42 Å². The Labute approximate surface area is 140 Å². The minimum Gasteiger partial charge on any atom is -0.455 e. The summed E-state index contributed by atoms with van der Waals surface area (Å²) in [4.78, 5) is 23.4. The van der Waals surface area contributed by atoms with Crippen molar-refractivity contribution in [2.45, 2.75) is 38.5 Å². The van der Waals surface area contributed by atoms with Crippen LogP contribution in [0.4, 0.5) is 4.39 Å². The highest BCUT2D eigenvalue weighted by atomic mass is 35.5. The monoisotopic (exact) mass is 341 g/mol. The number of hydrogen-bond acceptors (Lipinski definition) is 3. The van der Waals surface area contributed by atoms with Gasteiger partial charge in [-0.25, -0.2) is 4.39 Å². The first-order valence-corrected chi connectivity index (χ1v) is 8.29. The van der Waals surface area contributed by atoms with Gasteiger partial charge in [0.25, 0.3) is 5.91 Å². The van der Waals surface area contributed by atoms with Gasteiger partial charge in [0.2, 0.25) is 0 Å². The number of ether oxygens (including phenoxy) is 1. The molecule has 126 valence electrons. The van der Waals surface area contributed by atoms with Crippen LogP contribution in [0, 0.1) is 11.7 Å². The maximum atomic E-state index is 13.6. The van der Waals surface area contributed by atoms with E-state index in [2.05, 4.69) is 5.32 Å². The normalized spacial score (nSPS) is 15.2. The van der Waals surface area contributed by atoms with Crippen molar-refractivity contribution in [2.75, 3.05) is 13.2 Å². The minimum absolute atomic E-state index is 0.0850. The van der Waals surface area contributed by atoms with Gasteiger partial charge in [-0.15, -0.1) is 0 Å². The van der Waals surface area contributed by atoms with E-state index in [1.165, 1.54) is 37.5 Å². The van der Waals surface area contributed by atoms with Crippen molar-refractivity contribution in [3.05, 3.63) is 34.6 Å². The smallest absolute Gasteiger partial charge is 0.310 e. The molecule has 1 saturated carbocycles. The molecule has 1 aliphatic carbocycles. The van der Waals surface area contributed by atoms with E-state index in [4.69, 9.17) is 16.3 Å². The summed E-state index contributed by atoms with van der Waals surface area (Å²) >= 11 is 5.84. The van der Waals surface area contributed by atoms with E-state index in [0.29, 0.717) is 12.5 Å². The Balaban J connectivity index is 1.70. The molecule has 0 aliphatic heterocycles. The predicted molar refractivity (Wildman–Crippen MR) is 85.7 cm³/mol. The molecule has 1 aromatic rings. The molecule has 1 aliphatic rings. The van der Waals surface area contributed by atoms with Crippen molar-refractivity contribution in [3.63, 3.8) is 0 Å². The number of carbonyl (C=O) groups excluding carboxylic acids is 2. The number of hydrogen-bond donors (Lipinski definition) is 1. The van der Waals surface area contributed by atoms with Gasteiger partial charge in [-0.05, 0) is 30.9 Å². The van der Waals surface area contributed by atoms with E-state index in [1.54, 1.807) is 0 Å². The third-order valence-electron chi connectivity index (χ3n) is 4.06. The van der Waals surface area contributed by atoms with E-state index in [-0.39, 0.29) is 29.5 Å². The second-order valence-corrected chi connectivity index (χ2v) is 6.25. The summed E-state index contributed by atoms with van der Waals surface area (Å²) in [7, 11) is 0. The van der Waals surface area contributed by atoms with Crippen LogP contribution in [0.25, 0.3) is 0 Å². The zero-order valence-corrected chi connectivity index (χ0v) is 13.7. The Bertz CT molecular complexity index is 539. The Morgan fingerprint density at radius 3 is 2.70 bits per heavy atom. The van der Waals surface area contributed by atoms with Gasteiger partial charge in [-0.3, -0.25) is 9.59 Å². The van der Waals surface area contributed by atoms with E-state index < -0.39 is 11.8 Å². The third kappa shape index (κ3) is 5.82. The number of esters is 1. The molecular formula is C17H21ClFNO3. The van der Waals surface area contributed by atoms with Crippen LogP contribution in [0.1, 0.15) is 37.7 Å². The molecule has 2 rings (SSSR count). The summed E-state index contributed by atoms with van der Waals surface area (Å²) in [6.45, 7) is 0.271. The second kappa shape index (κ2) is 8.87. The molecule has 0 radical (unpaired) electrons. The Hall–Kier alpha value is -1.62. The van der Waals surface area contributed by atoms with Crippen molar-refractivity contribution in [2.24, 2.45) is 5.92 Å². The molecule has 0 atom stereocenters. The van der Waals surface area contributed by atoms with Crippen LogP contribution < -0.4 is 5.32 Å². The number of rotatable bonds is 6. The van der Waals surface area contributed by atoms with Gasteiger partial charge in [0.1, 0.15) is 5.82 Å². The van der Waals surface area contributed by atoms with Gasteiger partial charge in [0, 0.05) is 17.1 Å². The Morgan fingerprint density at radius 2 is 2.00 bits per heavy atom. The first kappa shape index (κ1) is 17.7. The van der Waals surface area contributed by atoms with Crippen LogP contribution in [0.15, 0.2) is 18.2 Å². The van der Waals surface area contributed by atoms with Crippen LogP contribution in [-0.2, 0) is 20.7 Å². The molecule has 4 nitrogen and oxygen atoms in total. The quantitative estimate of drug-likeness (QED) is 0.808. The van der Waals surface area contributed by atoms with E-state index >= 15 is 0 Å². The van der Waals surface area contributed by atoms with Gasteiger partial charge in [-0.1, -0.05) is 36.9 Å². The molecule has 1 aromatic carbocycles. The summed E-state index contributed by atoms with van der Waals surface area (Å²) in [6.07, 6.45) is 5.65. The maximum absolute atomic E-state index is 13.6. The average molecular weight is 342 g/mol. The van der Waals surface area contributed by atoms with Gasteiger partial charge >= 0.3 is 5.97 Å². The van der Waals surface area contributed by atoms with Crippen molar-refractivity contribution in [1.29, 1.82) is 0 Å². The standard InChI is InChI=1S/C17H21ClFNO3/c18-14-7-4-8-15(19)13(14)9-17(22)23-11-16(21)20-10-12-5-2-1-3-6-12/h4,7-8,12H,1-3,5-6,9-11H2,(H,20,21). The highest BCUT2D eigenvalue weighted by Gasteiger charge is 2.16. The van der Waals surface area contributed by atoms with Crippen LogP contribution in [0.5, 0.6) is 0 Å². The van der Waals surface area contributed by atoms with Crippen molar-refractivity contribution in [3.8, 4) is 0 Å². The Kier molecular flexibility index (Phi) is 6.84. The third-order valence-corrected chi connectivity index (χ3v) is 4.41. The number of nitrogens with one attached hydrogen (secondary N) is 1. The van der Waals surface area contributed by atoms with Gasteiger partial charge in [0.15, 0.2) is 6.61 Å². The summed E-state index contributed by atoms with van der Waals surface area (Å²) < 4.78 is 18.4. The SMILES string of the molecule is O=C(COC(=O)Cc1c(F)cccc1Cl)NCC1CCCCC1. The molecule has 0 bridgehead atoms. The summed E-state index contributed by atoms with van der Waals surface area (Å²) in [5, 5.41) is 2.95. The zero-order valence-electron chi connectivity index (χ0n) is 12.9. The first-order valence-electron chi connectivity index (χ1n) is 7.91. The predicted octanol–water partition coefficient (Wildman–Crippen LogP) is 3.26.